The van der Waals surface area contributed by atoms with Crippen molar-refractivity contribution in [2.24, 2.45) is 0 Å². The van der Waals surface area contributed by atoms with Crippen molar-refractivity contribution in [3.8, 4) is 0 Å². The van der Waals surface area contributed by atoms with Crippen molar-refractivity contribution in [1.29, 1.82) is 0 Å². The predicted octanol–water partition coefficient (Wildman–Crippen LogP) is 1.92. The predicted molar refractivity (Wildman–Crippen MR) is 95.9 cm³/mol. The lowest BCUT2D eigenvalue weighted by atomic mass is 9.94. The number of allylic oxidation sites excluding steroid dienone is 1. The van der Waals surface area contributed by atoms with Gasteiger partial charge in [0, 0.05) is 5.70 Å². The molecule has 7 nitrogen and oxygen atoms in total. The van der Waals surface area contributed by atoms with Crippen LogP contribution in [0.1, 0.15) is 31.9 Å². The number of ether oxygens (including phenoxy) is 1. The van der Waals surface area contributed by atoms with Crippen molar-refractivity contribution in [2.45, 2.75) is 32.4 Å². The average molecular weight is 396 g/mol. The molecule has 1 N–H and O–H groups in total. The Morgan fingerprint density at radius 2 is 2.15 bits per heavy atom. The van der Waals surface area contributed by atoms with Crippen molar-refractivity contribution in [3.63, 3.8) is 0 Å². The molecule has 1 aromatic carbocycles. The van der Waals surface area contributed by atoms with E-state index in [1.807, 2.05) is 0 Å². The van der Waals surface area contributed by atoms with Gasteiger partial charge in [-0.15, -0.1) is 0 Å². The van der Waals surface area contributed by atoms with Gasteiger partial charge in [-0.25, -0.2) is 22.4 Å². The van der Waals surface area contributed by atoms with E-state index in [0.29, 0.717) is 17.7 Å². The van der Waals surface area contributed by atoms with Gasteiger partial charge in [-0.05, 0) is 38.0 Å². The summed E-state index contributed by atoms with van der Waals surface area (Å²) < 4.78 is 42.5. The van der Waals surface area contributed by atoms with Crippen LogP contribution in [0.2, 0.25) is 0 Å². The normalized spacial score (nSPS) is 24.7. The molecule has 2 heterocycles. The summed E-state index contributed by atoms with van der Waals surface area (Å²) in [7, 11) is -3.22. The molecule has 3 rings (SSSR count). The van der Waals surface area contributed by atoms with Crippen LogP contribution in [0.4, 0.5) is 9.18 Å². The summed E-state index contributed by atoms with van der Waals surface area (Å²) in [6.45, 7) is 3.38. The molecule has 0 bridgehead atoms. The Morgan fingerprint density at radius 3 is 2.74 bits per heavy atom. The zero-order valence-corrected chi connectivity index (χ0v) is 15.9. The monoisotopic (exact) mass is 396 g/mol. The van der Waals surface area contributed by atoms with Gasteiger partial charge in [0.2, 0.25) is 0 Å². The zero-order chi connectivity index (χ0) is 19.8. The third-order valence-electron chi connectivity index (χ3n) is 4.78. The number of nitrogens with one attached hydrogen (secondary N) is 1. The van der Waals surface area contributed by atoms with Crippen molar-refractivity contribution >= 4 is 21.8 Å². The minimum absolute atomic E-state index is 0.00318. The first-order valence-electron chi connectivity index (χ1n) is 8.67. The minimum atomic E-state index is -3.22. The van der Waals surface area contributed by atoms with E-state index in [2.05, 4.69) is 5.32 Å². The summed E-state index contributed by atoms with van der Waals surface area (Å²) in [4.78, 5) is 26.7. The topological polar surface area (TPSA) is 92.8 Å². The summed E-state index contributed by atoms with van der Waals surface area (Å²) in [6.07, 6.45) is 0.299. The maximum Gasteiger partial charge on any atom is 0.338 e. The van der Waals surface area contributed by atoms with Crippen LogP contribution in [0.3, 0.4) is 0 Å². The Bertz CT molecular complexity index is 912. The molecule has 1 fully saturated rings. The molecule has 1 aromatic rings. The van der Waals surface area contributed by atoms with Gasteiger partial charge in [-0.1, -0.05) is 12.1 Å². The number of halogens is 1. The number of rotatable bonds is 4. The molecule has 9 heteroatoms. The fourth-order valence-corrected chi connectivity index (χ4v) is 5.29. The van der Waals surface area contributed by atoms with E-state index in [9.17, 15) is 22.4 Å². The Balaban J connectivity index is 2.07. The van der Waals surface area contributed by atoms with Gasteiger partial charge in [0.15, 0.2) is 9.84 Å². The number of hydrogen-bond donors (Lipinski definition) is 1. The van der Waals surface area contributed by atoms with Crippen LogP contribution in [0.25, 0.3) is 0 Å². The highest BCUT2D eigenvalue weighted by atomic mass is 32.2. The Labute approximate surface area is 157 Å². The third kappa shape index (κ3) is 3.83. The third-order valence-corrected chi connectivity index (χ3v) is 6.53. The number of carbonyl (C=O) groups is 2. The van der Waals surface area contributed by atoms with E-state index in [0.717, 1.165) is 0 Å². The highest BCUT2D eigenvalue weighted by Gasteiger charge is 2.42. The maximum atomic E-state index is 13.7. The number of esters is 1. The van der Waals surface area contributed by atoms with Crippen LogP contribution >= 0.6 is 0 Å². The van der Waals surface area contributed by atoms with E-state index in [-0.39, 0.29) is 23.7 Å². The maximum absolute atomic E-state index is 13.7. The molecule has 0 radical (unpaired) electrons. The van der Waals surface area contributed by atoms with Crippen LogP contribution in [0.5, 0.6) is 0 Å². The second-order valence-corrected chi connectivity index (χ2v) is 8.81. The van der Waals surface area contributed by atoms with Crippen molar-refractivity contribution in [2.75, 3.05) is 18.1 Å². The standard InChI is InChI=1S/C18H21FN2O5S/c1-3-26-17(22)15-11(2)21(14-7-8-27(24,25)10-14)18(23)20-16(15)12-5-4-6-13(19)9-12/h4-6,9,14,16H,3,7-8,10H2,1-2H3,(H,20,23)/t14-,16+/m1/s1. The molecule has 0 aromatic heterocycles. The number of urea groups is 1. The molecule has 2 aliphatic rings. The van der Waals surface area contributed by atoms with Crippen LogP contribution in [-0.4, -0.2) is 49.5 Å². The SMILES string of the molecule is CCOC(=O)C1=C(C)N([C@@H]2CCS(=O)(=O)C2)C(=O)N[C@H]1c1cccc(F)c1. The lowest BCUT2D eigenvalue weighted by molar-refractivity contribution is -0.139. The molecular formula is C18H21FN2O5S. The number of benzene rings is 1. The molecule has 0 spiro atoms. The fraction of sp³-hybridized carbons (Fsp3) is 0.444. The van der Waals surface area contributed by atoms with E-state index >= 15 is 0 Å². The molecule has 2 atom stereocenters. The molecule has 1 saturated heterocycles. The Hall–Kier alpha value is -2.42. The molecule has 146 valence electrons. The highest BCUT2D eigenvalue weighted by Crippen LogP contribution is 2.34. The van der Waals surface area contributed by atoms with Crippen LogP contribution < -0.4 is 5.32 Å². The first-order valence-corrected chi connectivity index (χ1v) is 10.5. The summed E-state index contributed by atoms with van der Waals surface area (Å²) >= 11 is 0. The number of hydrogen-bond acceptors (Lipinski definition) is 5. The van der Waals surface area contributed by atoms with Gasteiger partial charge in [-0.2, -0.15) is 0 Å². The van der Waals surface area contributed by atoms with Gasteiger partial charge >= 0.3 is 12.0 Å². The van der Waals surface area contributed by atoms with E-state index < -0.39 is 39.7 Å². The first-order chi connectivity index (χ1) is 12.7. The number of nitrogens with zero attached hydrogens (tertiary/aromatic N) is 1. The van der Waals surface area contributed by atoms with Crippen molar-refractivity contribution < 1.29 is 27.1 Å². The molecular weight excluding hydrogens is 375 g/mol. The zero-order valence-electron chi connectivity index (χ0n) is 15.1. The molecule has 2 amide bonds. The van der Waals surface area contributed by atoms with Gasteiger partial charge in [0.25, 0.3) is 0 Å². The molecule has 27 heavy (non-hydrogen) atoms. The molecule has 2 aliphatic heterocycles. The van der Waals surface area contributed by atoms with Crippen LogP contribution in [-0.2, 0) is 19.4 Å². The second kappa shape index (κ2) is 7.30. The quantitative estimate of drug-likeness (QED) is 0.785. The molecule has 0 unspecified atom stereocenters. The summed E-state index contributed by atoms with van der Waals surface area (Å²) in [5.41, 5.74) is 0.907. The minimum Gasteiger partial charge on any atom is -0.463 e. The van der Waals surface area contributed by atoms with Gasteiger partial charge in [0.05, 0.1) is 35.8 Å². The lowest BCUT2D eigenvalue weighted by Crippen LogP contribution is -2.52. The molecule has 0 aliphatic carbocycles. The highest BCUT2D eigenvalue weighted by molar-refractivity contribution is 7.91. The van der Waals surface area contributed by atoms with Crippen LogP contribution in [0.15, 0.2) is 35.5 Å². The number of amides is 2. The lowest BCUT2D eigenvalue weighted by Gasteiger charge is -2.38. The van der Waals surface area contributed by atoms with E-state index in [1.165, 1.54) is 23.1 Å². The second-order valence-electron chi connectivity index (χ2n) is 6.58. The summed E-state index contributed by atoms with van der Waals surface area (Å²) in [5, 5.41) is 2.70. The first kappa shape index (κ1) is 19.3. The number of carbonyl (C=O) groups excluding carboxylic acids is 2. The Kier molecular flexibility index (Phi) is 5.23. The number of sulfone groups is 1. The average Bonchev–Trinajstić information content (AvgIpc) is 2.94. The van der Waals surface area contributed by atoms with Gasteiger partial charge < -0.3 is 10.1 Å². The van der Waals surface area contributed by atoms with E-state index in [4.69, 9.17) is 4.74 Å². The van der Waals surface area contributed by atoms with Gasteiger partial charge in [0.1, 0.15) is 5.82 Å². The van der Waals surface area contributed by atoms with Crippen molar-refractivity contribution in [3.05, 3.63) is 46.9 Å². The largest absolute Gasteiger partial charge is 0.463 e. The summed E-state index contributed by atoms with van der Waals surface area (Å²) in [6, 6.07) is 3.67. The van der Waals surface area contributed by atoms with E-state index in [1.54, 1.807) is 19.9 Å². The smallest absolute Gasteiger partial charge is 0.338 e. The van der Waals surface area contributed by atoms with Crippen LogP contribution in [0, 0.1) is 5.82 Å². The van der Waals surface area contributed by atoms with Gasteiger partial charge in [-0.3, -0.25) is 4.90 Å². The fourth-order valence-electron chi connectivity index (χ4n) is 3.59. The molecule has 0 saturated carbocycles. The summed E-state index contributed by atoms with van der Waals surface area (Å²) in [5.74, 6) is -1.28. The van der Waals surface area contributed by atoms with Crippen molar-refractivity contribution in [1.82, 2.24) is 10.2 Å². The Morgan fingerprint density at radius 1 is 1.41 bits per heavy atom.